The molecule has 7 rings (SSSR count). The van der Waals surface area contributed by atoms with Gasteiger partial charge < -0.3 is 19.3 Å². The van der Waals surface area contributed by atoms with Gasteiger partial charge >= 0.3 is 0 Å². The predicted molar refractivity (Wildman–Crippen MR) is 188 cm³/mol. The molecule has 9 nitrogen and oxygen atoms in total. The molecule has 2 amide bonds. The minimum Gasteiger partial charge on any atom is -0.493 e. The van der Waals surface area contributed by atoms with Gasteiger partial charge in [-0.2, -0.15) is 0 Å². The quantitative estimate of drug-likeness (QED) is 0.271. The second kappa shape index (κ2) is 14.0. The Morgan fingerprint density at radius 1 is 0.938 bits per heavy atom. The van der Waals surface area contributed by atoms with Gasteiger partial charge in [-0.3, -0.25) is 19.4 Å². The van der Waals surface area contributed by atoms with Gasteiger partial charge in [0.1, 0.15) is 5.82 Å². The van der Waals surface area contributed by atoms with Crippen LogP contribution in [0.25, 0.3) is 0 Å². The number of likely N-dealkylation sites (N-methyl/N-ethyl adjacent to an activating group) is 1. The van der Waals surface area contributed by atoms with Crippen LogP contribution in [0.2, 0.25) is 5.02 Å². The second-order valence-corrected chi connectivity index (χ2v) is 14.4. The first-order valence-electron chi connectivity index (χ1n) is 17.4. The highest BCUT2D eigenvalue weighted by Gasteiger charge is 2.37. The highest BCUT2D eigenvalue weighted by molar-refractivity contribution is 6.30. The smallest absolute Gasteiger partial charge is 0.236 e. The van der Waals surface area contributed by atoms with Crippen LogP contribution in [-0.2, 0) is 16.0 Å². The van der Waals surface area contributed by atoms with Gasteiger partial charge in [0, 0.05) is 44.8 Å². The molecule has 1 atom stereocenters. The molecule has 2 saturated carbocycles. The number of methoxy groups -OCH3 is 1. The average molecular weight is 672 g/mol. The summed E-state index contributed by atoms with van der Waals surface area (Å²) in [5.74, 6) is 3.08. The minimum absolute atomic E-state index is 0.00104. The summed E-state index contributed by atoms with van der Waals surface area (Å²) in [5, 5.41) is 0.647. The second-order valence-electron chi connectivity index (χ2n) is 14.0. The number of benzene rings is 2. The molecule has 1 aromatic heterocycles. The van der Waals surface area contributed by atoms with Gasteiger partial charge in [-0.05, 0) is 104 Å². The Kier molecular flexibility index (Phi) is 9.52. The van der Waals surface area contributed by atoms with Crippen LogP contribution >= 0.6 is 11.6 Å². The first-order valence-corrected chi connectivity index (χ1v) is 17.8. The van der Waals surface area contributed by atoms with Crippen LogP contribution < -0.4 is 19.3 Å². The summed E-state index contributed by atoms with van der Waals surface area (Å²) >= 11 is 6.30. The van der Waals surface area contributed by atoms with Gasteiger partial charge in [-0.1, -0.05) is 23.7 Å². The van der Waals surface area contributed by atoms with E-state index in [-0.39, 0.29) is 30.4 Å². The van der Waals surface area contributed by atoms with Crippen molar-refractivity contribution in [3.63, 3.8) is 0 Å². The molecule has 0 spiro atoms. The molecule has 3 heterocycles. The lowest BCUT2D eigenvalue weighted by atomic mass is 9.84. The number of carbonyl (C=O) groups is 2. The molecule has 0 unspecified atom stereocenters. The number of rotatable bonds is 9. The number of hydrogen-bond acceptors (Lipinski definition) is 7. The highest BCUT2D eigenvalue weighted by atomic mass is 35.5. The van der Waals surface area contributed by atoms with E-state index in [0.29, 0.717) is 29.3 Å². The number of pyridine rings is 1. The topological polar surface area (TPSA) is 78.5 Å². The van der Waals surface area contributed by atoms with Crippen molar-refractivity contribution in [3.8, 4) is 11.5 Å². The maximum atomic E-state index is 13.9. The third kappa shape index (κ3) is 6.72. The van der Waals surface area contributed by atoms with E-state index >= 15 is 0 Å². The highest BCUT2D eigenvalue weighted by Crippen LogP contribution is 2.44. The van der Waals surface area contributed by atoms with Gasteiger partial charge in [-0.15, -0.1) is 0 Å². The number of amides is 2. The molecular weight excluding hydrogens is 626 g/mol. The maximum absolute atomic E-state index is 13.9. The standard InChI is InChI=1S/C38H46ClN5O4/c1-41-17-18-43(24-37(41)46)29-13-7-25(8-14-29)23-42(2)35-16-15-30(22-40-35)44-36(45)20-27-19-33(47-3)34(48-31-5-4-6-31)21-32(27)38(44)26-9-11-28(39)12-10-26/h9-12,15-16,19,21-22,25,29,31,38H,4-8,13-14,17-18,20,23-24H2,1-3H3/t25-,29+,38-/m0/s1. The van der Waals surface area contributed by atoms with Crippen LogP contribution in [0.1, 0.15) is 67.7 Å². The molecule has 0 bridgehead atoms. The van der Waals surface area contributed by atoms with E-state index in [4.69, 9.17) is 26.1 Å². The summed E-state index contributed by atoms with van der Waals surface area (Å²) < 4.78 is 12.1. The largest absolute Gasteiger partial charge is 0.493 e. The molecule has 254 valence electrons. The number of fused-ring (bicyclic) bond motifs is 1. The van der Waals surface area contributed by atoms with Gasteiger partial charge in [0.2, 0.25) is 11.8 Å². The van der Waals surface area contributed by atoms with E-state index in [1.54, 1.807) is 7.11 Å². The molecule has 2 aromatic carbocycles. The Balaban J connectivity index is 1.08. The zero-order chi connectivity index (χ0) is 33.4. The number of carbonyl (C=O) groups excluding carboxylic acids is 2. The lowest BCUT2D eigenvalue weighted by Gasteiger charge is -2.41. The normalized spacial score (nSPS) is 23.5. The van der Waals surface area contributed by atoms with Crippen LogP contribution in [0.3, 0.4) is 0 Å². The fourth-order valence-electron chi connectivity index (χ4n) is 7.75. The van der Waals surface area contributed by atoms with Gasteiger partial charge in [0.15, 0.2) is 11.5 Å². The van der Waals surface area contributed by atoms with E-state index in [2.05, 4.69) is 22.9 Å². The van der Waals surface area contributed by atoms with Crippen LogP contribution in [0.5, 0.6) is 11.5 Å². The predicted octanol–water partition coefficient (Wildman–Crippen LogP) is 6.12. The summed E-state index contributed by atoms with van der Waals surface area (Å²) in [6, 6.07) is 15.9. The number of aromatic nitrogens is 1. The number of anilines is 2. The fraction of sp³-hybridized carbons (Fsp3) is 0.500. The average Bonchev–Trinajstić information content (AvgIpc) is 3.07. The lowest BCUT2D eigenvalue weighted by Crippen LogP contribution is -2.53. The number of nitrogens with zero attached hydrogens (tertiary/aromatic N) is 5. The zero-order valence-electron chi connectivity index (χ0n) is 28.2. The Hall–Kier alpha value is -3.82. The van der Waals surface area contributed by atoms with Crippen LogP contribution in [0.4, 0.5) is 11.5 Å². The third-order valence-electron chi connectivity index (χ3n) is 10.9. The number of hydrogen-bond donors (Lipinski definition) is 0. The summed E-state index contributed by atoms with van der Waals surface area (Å²) in [7, 11) is 5.65. The Morgan fingerprint density at radius 2 is 1.71 bits per heavy atom. The third-order valence-corrected chi connectivity index (χ3v) is 11.1. The van der Waals surface area contributed by atoms with Gasteiger partial charge in [0.05, 0.1) is 44.1 Å². The molecule has 0 N–H and O–H groups in total. The summed E-state index contributed by atoms with van der Waals surface area (Å²) in [5.41, 5.74) is 3.67. The van der Waals surface area contributed by atoms with E-state index in [0.717, 1.165) is 92.1 Å². The zero-order valence-corrected chi connectivity index (χ0v) is 29.0. The number of ether oxygens (including phenoxy) is 2. The van der Waals surface area contributed by atoms with Crippen molar-refractivity contribution in [1.29, 1.82) is 0 Å². The van der Waals surface area contributed by atoms with Crippen molar-refractivity contribution in [1.82, 2.24) is 14.8 Å². The minimum atomic E-state index is -0.371. The molecule has 1 saturated heterocycles. The molecule has 0 radical (unpaired) electrons. The maximum Gasteiger partial charge on any atom is 0.236 e. The summed E-state index contributed by atoms with van der Waals surface area (Å²) in [6.07, 6.45) is 10.1. The van der Waals surface area contributed by atoms with Gasteiger partial charge in [-0.25, -0.2) is 4.98 Å². The van der Waals surface area contributed by atoms with E-state index in [1.807, 2.05) is 65.5 Å². The Labute approximate surface area is 288 Å². The van der Waals surface area contributed by atoms with E-state index in [1.165, 1.54) is 6.42 Å². The summed E-state index contributed by atoms with van der Waals surface area (Å²) in [4.78, 5) is 39.4. The molecule has 10 heteroatoms. The molecule has 3 aromatic rings. The molecule has 2 aliphatic carbocycles. The fourth-order valence-corrected chi connectivity index (χ4v) is 7.88. The molecule has 2 aliphatic heterocycles. The molecule has 48 heavy (non-hydrogen) atoms. The van der Waals surface area contributed by atoms with E-state index in [9.17, 15) is 9.59 Å². The molecule has 3 fully saturated rings. The van der Waals surface area contributed by atoms with Crippen molar-refractivity contribution in [3.05, 3.63) is 76.4 Å². The van der Waals surface area contributed by atoms with Crippen molar-refractivity contribution in [2.24, 2.45) is 5.92 Å². The lowest BCUT2D eigenvalue weighted by molar-refractivity contribution is -0.135. The van der Waals surface area contributed by atoms with Crippen molar-refractivity contribution < 1.29 is 19.1 Å². The first-order chi connectivity index (χ1) is 23.3. The SMILES string of the molecule is COc1cc2c(cc1OC1CCC1)[C@H](c1ccc(Cl)cc1)N(c1ccc(N(C)C[C@H]3CC[C@@H](N4CCN(C)C(=O)C4)CC3)nc1)C(=O)C2. The number of halogens is 1. The van der Waals surface area contributed by atoms with Gasteiger partial charge in [0.25, 0.3) is 0 Å². The van der Waals surface area contributed by atoms with Crippen LogP contribution in [-0.4, -0.2) is 86.1 Å². The van der Waals surface area contributed by atoms with E-state index < -0.39 is 0 Å². The Bertz CT molecular complexity index is 1620. The van der Waals surface area contributed by atoms with Crippen molar-refractivity contribution >= 4 is 34.9 Å². The van der Waals surface area contributed by atoms with Crippen LogP contribution in [0, 0.1) is 5.92 Å². The Morgan fingerprint density at radius 3 is 2.35 bits per heavy atom. The number of piperazine rings is 1. The van der Waals surface area contributed by atoms with Crippen LogP contribution in [0.15, 0.2) is 54.7 Å². The summed E-state index contributed by atoms with van der Waals surface area (Å²) in [6.45, 7) is 3.27. The monoisotopic (exact) mass is 671 g/mol. The van der Waals surface area contributed by atoms with Crippen molar-refractivity contribution in [2.75, 3.05) is 57.2 Å². The van der Waals surface area contributed by atoms with Crippen molar-refractivity contribution in [2.45, 2.75) is 69.6 Å². The molecular formula is C38H46ClN5O4. The molecule has 4 aliphatic rings. The first kappa shape index (κ1) is 32.7.